The van der Waals surface area contributed by atoms with E-state index in [0.717, 1.165) is 22.3 Å². The zero-order valence-corrected chi connectivity index (χ0v) is 13.3. The average Bonchev–Trinajstić information content (AvgIpc) is 2.82. The standard InChI is InChI=1S/C17H18N4O2/c1-11-15-8-14(9-18-16(15)21(2)20-11)19-17(22)13-6-4-5-12(7-13)10-23-3/h4-9H,10H2,1-3H3,(H,19,22). The van der Waals surface area contributed by atoms with E-state index in [9.17, 15) is 4.79 Å². The number of rotatable bonds is 4. The summed E-state index contributed by atoms with van der Waals surface area (Å²) >= 11 is 0. The maximum atomic E-state index is 12.4. The number of aromatic nitrogens is 3. The molecule has 0 aliphatic carbocycles. The molecule has 0 saturated heterocycles. The minimum atomic E-state index is -0.175. The maximum absolute atomic E-state index is 12.4. The number of carbonyl (C=O) groups excluding carboxylic acids is 1. The van der Waals surface area contributed by atoms with Crippen LogP contribution in [-0.2, 0) is 18.4 Å². The van der Waals surface area contributed by atoms with Crippen LogP contribution in [0.15, 0.2) is 36.5 Å². The van der Waals surface area contributed by atoms with Gasteiger partial charge in [-0.2, -0.15) is 5.10 Å². The Morgan fingerprint density at radius 1 is 1.35 bits per heavy atom. The van der Waals surface area contributed by atoms with Crippen molar-refractivity contribution in [2.45, 2.75) is 13.5 Å². The van der Waals surface area contributed by atoms with E-state index < -0.39 is 0 Å². The first-order chi connectivity index (χ1) is 11.1. The summed E-state index contributed by atoms with van der Waals surface area (Å²) in [5, 5.41) is 8.13. The number of hydrogen-bond acceptors (Lipinski definition) is 4. The van der Waals surface area contributed by atoms with Crippen LogP contribution in [0.5, 0.6) is 0 Å². The van der Waals surface area contributed by atoms with Gasteiger partial charge in [-0.25, -0.2) is 4.98 Å². The molecule has 6 nitrogen and oxygen atoms in total. The smallest absolute Gasteiger partial charge is 0.255 e. The molecule has 0 aliphatic rings. The minimum absolute atomic E-state index is 0.175. The second-order valence-corrected chi connectivity index (χ2v) is 5.39. The molecule has 6 heteroatoms. The molecular weight excluding hydrogens is 292 g/mol. The van der Waals surface area contributed by atoms with E-state index in [1.807, 2.05) is 38.2 Å². The van der Waals surface area contributed by atoms with Gasteiger partial charge in [0.2, 0.25) is 0 Å². The van der Waals surface area contributed by atoms with Gasteiger partial charge in [0.1, 0.15) is 0 Å². The molecule has 0 bridgehead atoms. The fourth-order valence-electron chi connectivity index (χ4n) is 2.55. The number of benzene rings is 1. The maximum Gasteiger partial charge on any atom is 0.255 e. The second-order valence-electron chi connectivity index (χ2n) is 5.39. The highest BCUT2D eigenvalue weighted by molar-refractivity contribution is 6.05. The molecule has 3 rings (SSSR count). The van der Waals surface area contributed by atoms with E-state index in [1.54, 1.807) is 24.1 Å². The Morgan fingerprint density at radius 2 is 2.17 bits per heavy atom. The van der Waals surface area contributed by atoms with Gasteiger partial charge in [-0.15, -0.1) is 0 Å². The molecule has 1 amide bonds. The predicted molar refractivity (Wildman–Crippen MR) is 88.4 cm³/mol. The predicted octanol–water partition coefficient (Wildman–Crippen LogP) is 2.68. The monoisotopic (exact) mass is 310 g/mol. The van der Waals surface area contributed by atoms with Crippen molar-refractivity contribution in [1.82, 2.24) is 14.8 Å². The van der Waals surface area contributed by atoms with Gasteiger partial charge in [-0.3, -0.25) is 9.48 Å². The molecule has 118 valence electrons. The summed E-state index contributed by atoms with van der Waals surface area (Å²) in [6.45, 7) is 2.40. The Bertz CT molecular complexity index is 870. The Hall–Kier alpha value is -2.73. The van der Waals surface area contributed by atoms with Crippen molar-refractivity contribution in [3.05, 3.63) is 53.3 Å². The lowest BCUT2D eigenvalue weighted by Crippen LogP contribution is -2.12. The lowest BCUT2D eigenvalue weighted by Gasteiger charge is -2.07. The number of methoxy groups -OCH3 is 1. The normalized spacial score (nSPS) is 10.9. The van der Waals surface area contributed by atoms with Crippen molar-refractivity contribution < 1.29 is 9.53 Å². The molecule has 0 radical (unpaired) electrons. The Kier molecular flexibility index (Phi) is 4.08. The van der Waals surface area contributed by atoms with Crippen LogP contribution < -0.4 is 5.32 Å². The van der Waals surface area contributed by atoms with E-state index in [1.165, 1.54) is 0 Å². The molecule has 0 aliphatic heterocycles. The molecule has 0 atom stereocenters. The zero-order chi connectivity index (χ0) is 16.4. The summed E-state index contributed by atoms with van der Waals surface area (Å²) < 4.78 is 6.82. The number of amides is 1. The van der Waals surface area contributed by atoms with Crippen LogP contribution in [0.3, 0.4) is 0 Å². The summed E-state index contributed by atoms with van der Waals surface area (Å²) in [6, 6.07) is 9.25. The van der Waals surface area contributed by atoms with Gasteiger partial charge in [0.25, 0.3) is 5.91 Å². The van der Waals surface area contributed by atoms with E-state index in [2.05, 4.69) is 15.4 Å². The molecule has 0 spiro atoms. The molecule has 2 heterocycles. The van der Waals surface area contributed by atoms with Crippen molar-refractivity contribution in [1.29, 1.82) is 0 Å². The van der Waals surface area contributed by atoms with Crippen LogP contribution >= 0.6 is 0 Å². The summed E-state index contributed by atoms with van der Waals surface area (Å²) in [5.41, 5.74) is 3.87. The third-order valence-electron chi connectivity index (χ3n) is 3.62. The molecule has 1 aromatic carbocycles. The molecule has 1 N–H and O–H groups in total. The summed E-state index contributed by atoms with van der Waals surface area (Å²) in [7, 11) is 3.48. The number of hydrogen-bond donors (Lipinski definition) is 1. The largest absolute Gasteiger partial charge is 0.380 e. The number of fused-ring (bicyclic) bond motifs is 1. The quantitative estimate of drug-likeness (QED) is 0.804. The van der Waals surface area contributed by atoms with E-state index in [4.69, 9.17) is 4.74 Å². The topological polar surface area (TPSA) is 69.0 Å². The van der Waals surface area contributed by atoms with Gasteiger partial charge < -0.3 is 10.1 Å². The van der Waals surface area contributed by atoms with E-state index in [0.29, 0.717) is 17.9 Å². The summed E-state index contributed by atoms with van der Waals surface area (Å²) in [5.74, 6) is -0.175. The number of ether oxygens (including phenoxy) is 1. The number of pyridine rings is 1. The fraction of sp³-hybridized carbons (Fsp3) is 0.235. The number of carbonyl (C=O) groups is 1. The van der Waals surface area contributed by atoms with Crippen molar-refractivity contribution in [2.24, 2.45) is 7.05 Å². The number of nitrogens with one attached hydrogen (secondary N) is 1. The van der Waals surface area contributed by atoms with Gasteiger partial charge in [-0.1, -0.05) is 12.1 Å². The molecular formula is C17H18N4O2. The van der Waals surface area contributed by atoms with E-state index >= 15 is 0 Å². The Labute approximate surface area is 134 Å². The summed E-state index contributed by atoms with van der Waals surface area (Å²) in [4.78, 5) is 16.8. The molecule has 23 heavy (non-hydrogen) atoms. The molecule has 3 aromatic rings. The molecule has 0 unspecified atom stereocenters. The summed E-state index contributed by atoms with van der Waals surface area (Å²) in [6.07, 6.45) is 1.64. The average molecular weight is 310 g/mol. The number of nitrogens with zero attached hydrogens (tertiary/aromatic N) is 3. The molecule has 0 saturated carbocycles. The number of aryl methyl sites for hydroxylation is 2. The first-order valence-corrected chi connectivity index (χ1v) is 7.27. The first kappa shape index (κ1) is 15.2. The Balaban J connectivity index is 1.85. The lowest BCUT2D eigenvalue weighted by molar-refractivity contribution is 0.102. The fourth-order valence-corrected chi connectivity index (χ4v) is 2.55. The highest BCUT2D eigenvalue weighted by Crippen LogP contribution is 2.20. The van der Waals surface area contributed by atoms with Crippen LogP contribution in [0.1, 0.15) is 21.6 Å². The lowest BCUT2D eigenvalue weighted by atomic mass is 10.1. The van der Waals surface area contributed by atoms with Gasteiger partial charge in [0, 0.05) is 25.1 Å². The van der Waals surface area contributed by atoms with Crippen LogP contribution in [0.2, 0.25) is 0 Å². The van der Waals surface area contributed by atoms with Gasteiger partial charge in [0.05, 0.1) is 24.2 Å². The van der Waals surface area contributed by atoms with Crippen LogP contribution in [0.4, 0.5) is 5.69 Å². The van der Waals surface area contributed by atoms with Crippen LogP contribution in [-0.4, -0.2) is 27.8 Å². The minimum Gasteiger partial charge on any atom is -0.380 e. The third kappa shape index (κ3) is 3.07. The van der Waals surface area contributed by atoms with Crippen molar-refractivity contribution >= 4 is 22.6 Å². The van der Waals surface area contributed by atoms with Crippen LogP contribution in [0.25, 0.3) is 11.0 Å². The van der Waals surface area contributed by atoms with Crippen molar-refractivity contribution in [2.75, 3.05) is 12.4 Å². The van der Waals surface area contributed by atoms with Gasteiger partial charge >= 0.3 is 0 Å². The SMILES string of the molecule is COCc1cccc(C(=O)Nc2cnc3c(c2)c(C)nn3C)c1. The van der Waals surface area contributed by atoms with E-state index in [-0.39, 0.29) is 5.91 Å². The first-order valence-electron chi connectivity index (χ1n) is 7.27. The molecule has 0 fully saturated rings. The van der Waals surface area contributed by atoms with Crippen molar-refractivity contribution in [3.8, 4) is 0 Å². The molecule has 2 aromatic heterocycles. The second kappa shape index (κ2) is 6.18. The highest BCUT2D eigenvalue weighted by Gasteiger charge is 2.10. The Morgan fingerprint density at radius 3 is 2.96 bits per heavy atom. The highest BCUT2D eigenvalue weighted by atomic mass is 16.5. The van der Waals surface area contributed by atoms with Gasteiger partial charge in [-0.05, 0) is 30.7 Å². The van der Waals surface area contributed by atoms with Crippen LogP contribution in [0, 0.1) is 6.92 Å². The zero-order valence-electron chi connectivity index (χ0n) is 13.3. The third-order valence-corrected chi connectivity index (χ3v) is 3.62. The number of anilines is 1. The van der Waals surface area contributed by atoms with Gasteiger partial charge in [0.15, 0.2) is 5.65 Å². The van der Waals surface area contributed by atoms with Crippen molar-refractivity contribution in [3.63, 3.8) is 0 Å².